The predicted octanol–water partition coefficient (Wildman–Crippen LogP) is 2.78. The van der Waals surface area contributed by atoms with E-state index in [-0.39, 0.29) is 0 Å². The van der Waals surface area contributed by atoms with Crippen LogP contribution in [0, 0.1) is 5.92 Å². The molecule has 0 radical (unpaired) electrons. The van der Waals surface area contributed by atoms with E-state index in [2.05, 4.69) is 41.4 Å². The molecular weight excluding hydrogens is 254 g/mol. The zero-order valence-corrected chi connectivity index (χ0v) is 13.2. The smallest absolute Gasteiger partial charge is 0.0937 e. The van der Waals surface area contributed by atoms with Gasteiger partial charge in [0.15, 0.2) is 0 Å². The SMILES string of the molecule is CCC(C)C1CN(CCc2nccs2)C(CC)CN1. The van der Waals surface area contributed by atoms with E-state index >= 15 is 0 Å². The van der Waals surface area contributed by atoms with Gasteiger partial charge < -0.3 is 5.32 Å². The molecule has 3 atom stereocenters. The largest absolute Gasteiger partial charge is 0.311 e. The van der Waals surface area contributed by atoms with Gasteiger partial charge >= 0.3 is 0 Å². The maximum atomic E-state index is 4.40. The second-order valence-electron chi connectivity index (χ2n) is 5.63. The first-order valence-corrected chi connectivity index (χ1v) is 8.48. The number of thiazole rings is 1. The van der Waals surface area contributed by atoms with Gasteiger partial charge in [0.2, 0.25) is 0 Å². The molecule has 0 amide bonds. The highest BCUT2D eigenvalue weighted by Crippen LogP contribution is 2.18. The summed E-state index contributed by atoms with van der Waals surface area (Å²) in [4.78, 5) is 7.07. The molecule has 3 unspecified atom stereocenters. The topological polar surface area (TPSA) is 28.2 Å². The summed E-state index contributed by atoms with van der Waals surface area (Å²) < 4.78 is 0. The normalized spacial score (nSPS) is 26.5. The number of aromatic nitrogens is 1. The number of rotatable bonds is 6. The molecule has 0 spiro atoms. The Hall–Kier alpha value is -0.450. The third-order valence-corrected chi connectivity index (χ3v) is 5.30. The maximum Gasteiger partial charge on any atom is 0.0937 e. The van der Waals surface area contributed by atoms with Gasteiger partial charge in [-0.3, -0.25) is 4.90 Å². The second kappa shape index (κ2) is 7.36. The van der Waals surface area contributed by atoms with E-state index in [1.807, 2.05) is 6.20 Å². The molecule has 0 aliphatic carbocycles. The molecule has 0 saturated carbocycles. The number of nitrogens with one attached hydrogen (secondary N) is 1. The van der Waals surface area contributed by atoms with Gasteiger partial charge in [-0.15, -0.1) is 11.3 Å². The minimum atomic E-state index is 0.657. The Balaban J connectivity index is 1.90. The summed E-state index contributed by atoms with van der Waals surface area (Å²) in [6, 6.07) is 1.35. The van der Waals surface area contributed by atoms with E-state index in [0.29, 0.717) is 12.1 Å². The van der Waals surface area contributed by atoms with E-state index in [9.17, 15) is 0 Å². The molecule has 1 saturated heterocycles. The Labute approximate surface area is 121 Å². The molecule has 2 heterocycles. The Kier molecular flexibility index (Phi) is 5.79. The van der Waals surface area contributed by atoms with Crippen molar-refractivity contribution in [2.45, 2.75) is 52.1 Å². The summed E-state index contributed by atoms with van der Waals surface area (Å²) in [5.41, 5.74) is 0. The van der Waals surface area contributed by atoms with E-state index in [4.69, 9.17) is 0 Å². The lowest BCUT2D eigenvalue weighted by Gasteiger charge is -2.42. The van der Waals surface area contributed by atoms with Crippen LogP contribution in [0.3, 0.4) is 0 Å². The van der Waals surface area contributed by atoms with Crippen LogP contribution >= 0.6 is 11.3 Å². The summed E-state index contributed by atoms with van der Waals surface area (Å²) in [5, 5.41) is 7.09. The first-order valence-electron chi connectivity index (χ1n) is 7.60. The molecule has 108 valence electrons. The second-order valence-corrected chi connectivity index (χ2v) is 6.61. The monoisotopic (exact) mass is 281 g/mol. The number of nitrogens with zero attached hydrogens (tertiary/aromatic N) is 2. The predicted molar refractivity (Wildman–Crippen MR) is 82.7 cm³/mol. The van der Waals surface area contributed by atoms with Crippen molar-refractivity contribution in [2.75, 3.05) is 19.6 Å². The Morgan fingerprint density at radius 3 is 3.00 bits per heavy atom. The quantitative estimate of drug-likeness (QED) is 0.869. The molecule has 2 rings (SSSR count). The molecule has 1 aromatic rings. The summed E-state index contributed by atoms with van der Waals surface area (Å²) in [6.45, 7) is 10.4. The van der Waals surface area contributed by atoms with Crippen LogP contribution < -0.4 is 5.32 Å². The third-order valence-electron chi connectivity index (χ3n) is 4.46. The molecule has 3 nitrogen and oxygen atoms in total. The summed E-state index contributed by atoms with van der Waals surface area (Å²) >= 11 is 1.78. The number of hydrogen-bond acceptors (Lipinski definition) is 4. The van der Waals surface area contributed by atoms with Crippen molar-refractivity contribution in [3.05, 3.63) is 16.6 Å². The van der Waals surface area contributed by atoms with E-state index in [1.54, 1.807) is 11.3 Å². The number of hydrogen-bond donors (Lipinski definition) is 1. The number of piperazine rings is 1. The van der Waals surface area contributed by atoms with Crippen molar-refractivity contribution < 1.29 is 0 Å². The maximum absolute atomic E-state index is 4.40. The van der Waals surface area contributed by atoms with Crippen molar-refractivity contribution >= 4 is 11.3 Å². The van der Waals surface area contributed by atoms with Crippen LogP contribution in [-0.2, 0) is 6.42 Å². The van der Waals surface area contributed by atoms with Crippen LogP contribution in [-0.4, -0.2) is 41.6 Å². The lowest BCUT2D eigenvalue weighted by Crippen LogP contribution is -2.58. The fraction of sp³-hybridized carbons (Fsp3) is 0.800. The van der Waals surface area contributed by atoms with E-state index in [0.717, 1.165) is 25.4 Å². The summed E-state index contributed by atoms with van der Waals surface area (Å²) in [5.74, 6) is 0.764. The van der Waals surface area contributed by atoms with E-state index < -0.39 is 0 Å². The van der Waals surface area contributed by atoms with Gasteiger partial charge in [-0.05, 0) is 12.3 Å². The fourth-order valence-corrected chi connectivity index (χ4v) is 3.45. The molecule has 0 aromatic carbocycles. The minimum absolute atomic E-state index is 0.657. The van der Waals surface area contributed by atoms with Gasteiger partial charge in [-0.25, -0.2) is 4.98 Å². The first-order chi connectivity index (χ1) is 9.24. The van der Waals surface area contributed by atoms with Crippen LogP contribution in [0.2, 0.25) is 0 Å². The molecule has 4 heteroatoms. The molecular formula is C15H27N3S. The molecule has 1 fully saturated rings. The standard InChI is InChI=1S/C15H27N3S/c1-4-12(3)14-11-18(13(5-2)10-17-14)8-6-15-16-7-9-19-15/h7,9,12-14,17H,4-6,8,10-11H2,1-3H3. The van der Waals surface area contributed by atoms with Gasteiger partial charge in [-0.2, -0.15) is 0 Å². The highest BCUT2D eigenvalue weighted by Gasteiger charge is 2.28. The first kappa shape index (κ1) is 14.9. The van der Waals surface area contributed by atoms with Gasteiger partial charge in [-0.1, -0.05) is 27.2 Å². The van der Waals surface area contributed by atoms with Crippen molar-refractivity contribution in [2.24, 2.45) is 5.92 Å². The van der Waals surface area contributed by atoms with Crippen molar-refractivity contribution in [3.63, 3.8) is 0 Å². The highest BCUT2D eigenvalue weighted by atomic mass is 32.1. The Morgan fingerprint density at radius 1 is 1.53 bits per heavy atom. The zero-order chi connectivity index (χ0) is 13.7. The van der Waals surface area contributed by atoms with Crippen LogP contribution in [0.15, 0.2) is 11.6 Å². The van der Waals surface area contributed by atoms with Crippen LogP contribution in [0.1, 0.15) is 38.6 Å². The molecule has 1 aliphatic heterocycles. The summed E-state index contributed by atoms with van der Waals surface area (Å²) in [6.07, 6.45) is 5.51. The lowest BCUT2D eigenvalue weighted by atomic mass is 9.95. The molecule has 0 bridgehead atoms. The average molecular weight is 281 g/mol. The van der Waals surface area contributed by atoms with Crippen molar-refractivity contribution in [1.29, 1.82) is 0 Å². The highest BCUT2D eigenvalue weighted by molar-refractivity contribution is 7.09. The average Bonchev–Trinajstić information content (AvgIpc) is 2.97. The van der Waals surface area contributed by atoms with Crippen LogP contribution in [0.25, 0.3) is 0 Å². The summed E-state index contributed by atoms with van der Waals surface area (Å²) in [7, 11) is 0. The lowest BCUT2D eigenvalue weighted by molar-refractivity contribution is 0.107. The van der Waals surface area contributed by atoms with Gasteiger partial charge in [0.05, 0.1) is 5.01 Å². The van der Waals surface area contributed by atoms with Gasteiger partial charge in [0, 0.05) is 49.7 Å². The van der Waals surface area contributed by atoms with Gasteiger partial charge in [0.1, 0.15) is 0 Å². The minimum Gasteiger partial charge on any atom is -0.311 e. The molecule has 19 heavy (non-hydrogen) atoms. The van der Waals surface area contributed by atoms with Crippen LogP contribution in [0.4, 0.5) is 0 Å². The molecule has 1 N–H and O–H groups in total. The third kappa shape index (κ3) is 4.01. The van der Waals surface area contributed by atoms with Crippen molar-refractivity contribution in [1.82, 2.24) is 15.2 Å². The molecule has 1 aromatic heterocycles. The fourth-order valence-electron chi connectivity index (χ4n) is 2.84. The zero-order valence-electron chi connectivity index (χ0n) is 12.4. The Bertz CT molecular complexity index is 352. The Morgan fingerprint density at radius 2 is 2.37 bits per heavy atom. The van der Waals surface area contributed by atoms with E-state index in [1.165, 1.54) is 24.4 Å². The van der Waals surface area contributed by atoms with Gasteiger partial charge in [0.25, 0.3) is 0 Å². The van der Waals surface area contributed by atoms with Crippen LogP contribution in [0.5, 0.6) is 0 Å². The molecule has 1 aliphatic rings. The van der Waals surface area contributed by atoms with Crippen molar-refractivity contribution in [3.8, 4) is 0 Å².